The molecule has 0 radical (unpaired) electrons. The average molecular weight is 588 g/mol. The highest BCUT2D eigenvalue weighted by atomic mass is 19.4. The van der Waals surface area contributed by atoms with Gasteiger partial charge in [0.1, 0.15) is 0 Å². The van der Waals surface area contributed by atoms with E-state index in [0.29, 0.717) is 17.7 Å². The Morgan fingerprint density at radius 1 is 1.05 bits per heavy atom. The molecule has 1 N–H and O–H groups in total. The number of carboxylic acid groups (broad SMARTS) is 1. The number of benzene rings is 2. The van der Waals surface area contributed by atoms with E-state index in [1.165, 1.54) is 23.8 Å². The molecule has 2 aromatic rings. The fourth-order valence-corrected chi connectivity index (χ4v) is 5.62. The van der Waals surface area contributed by atoms with Crippen LogP contribution in [0.4, 0.5) is 35.9 Å². The number of nitrogens with zero attached hydrogens (tertiary/aromatic N) is 3. The molecular formula is C27H27F6N3O5. The summed E-state index contributed by atoms with van der Waals surface area (Å²) in [6.07, 6.45) is -11.8. The summed E-state index contributed by atoms with van der Waals surface area (Å²) < 4.78 is 85.1. The molecule has 41 heavy (non-hydrogen) atoms. The van der Waals surface area contributed by atoms with Crippen LogP contribution in [-0.4, -0.2) is 69.7 Å². The molecule has 2 aromatic carbocycles. The minimum atomic E-state index is -5.04. The van der Waals surface area contributed by atoms with E-state index >= 15 is 0 Å². The molecule has 0 aromatic heterocycles. The number of fused-ring (bicyclic) bond motifs is 1. The number of urea groups is 1. The maximum absolute atomic E-state index is 13.7. The second-order valence-corrected chi connectivity index (χ2v) is 10.4. The predicted molar refractivity (Wildman–Crippen MR) is 132 cm³/mol. The van der Waals surface area contributed by atoms with Gasteiger partial charge in [0.2, 0.25) is 0 Å². The van der Waals surface area contributed by atoms with Gasteiger partial charge < -0.3 is 24.5 Å². The van der Waals surface area contributed by atoms with Gasteiger partial charge in [0.05, 0.1) is 23.2 Å². The summed E-state index contributed by atoms with van der Waals surface area (Å²) in [5.74, 6) is -0.562. The first-order valence-corrected chi connectivity index (χ1v) is 12.5. The summed E-state index contributed by atoms with van der Waals surface area (Å²) in [6.45, 7) is 2.57. The lowest BCUT2D eigenvalue weighted by atomic mass is 9.88. The molecule has 0 spiro atoms. The molecule has 3 unspecified atom stereocenters. The first kappa shape index (κ1) is 30.0. The van der Waals surface area contributed by atoms with Crippen LogP contribution in [0.3, 0.4) is 0 Å². The van der Waals surface area contributed by atoms with E-state index in [9.17, 15) is 45.8 Å². The summed E-state index contributed by atoms with van der Waals surface area (Å²) in [5.41, 5.74) is -3.64. The highest BCUT2D eigenvalue weighted by Gasteiger charge is 2.57. The van der Waals surface area contributed by atoms with Crippen LogP contribution in [0.2, 0.25) is 0 Å². The van der Waals surface area contributed by atoms with Crippen molar-refractivity contribution in [3.05, 3.63) is 70.3 Å². The Balaban J connectivity index is 1.69. The Kier molecular flexibility index (Phi) is 7.65. The highest BCUT2D eigenvalue weighted by molar-refractivity contribution is 5.90. The minimum Gasteiger partial charge on any atom is -0.450 e. The maximum atomic E-state index is 13.7. The van der Waals surface area contributed by atoms with E-state index in [4.69, 9.17) is 4.74 Å². The number of halogens is 6. The van der Waals surface area contributed by atoms with Crippen LogP contribution in [0.15, 0.2) is 42.5 Å². The molecule has 2 heterocycles. The van der Waals surface area contributed by atoms with Crippen molar-refractivity contribution in [3.63, 3.8) is 0 Å². The van der Waals surface area contributed by atoms with Crippen molar-refractivity contribution in [2.75, 3.05) is 20.1 Å². The van der Waals surface area contributed by atoms with Gasteiger partial charge in [0.15, 0.2) is 5.60 Å². The quantitative estimate of drug-likeness (QED) is 0.367. The van der Waals surface area contributed by atoms with Crippen LogP contribution in [0.5, 0.6) is 0 Å². The van der Waals surface area contributed by atoms with E-state index in [-0.39, 0.29) is 31.1 Å². The number of carbonyl (C=O) groups is 3. The van der Waals surface area contributed by atoms with Crippen LogP contribution >= 0.6 is 0 Å². The lowest BCUT2D eigenvalue weighted by molar-refractivity contribution is -0.145. The van der Waals surface area contributed by atoms with Crippen LogP contribution < -0.4 is 0 Å². The molecule has 2 aliphatic rings. The molecular weight excluding hydrogens is 560 g/mol. The number of piperazine rings is 1. The van der Waals surface area contributed by atoms with Crippen LogP contribution in [0.1, 0.15) is 47.2 Å². The van der Waals surface area contributed by atoms with Crippen molar-refractivity contribution in [2.45, 2.75) is 56.9 Å². The van der Waals surface area contributed by atoms with Gasteiger partial charge in [-0.15, -0.1) is 0 Å². The van der Waals surface area contributed by atoms with Gasteiger partial charge in [-0.25, -0.2) is 9.59 Å². The van der Waals surface area contributed by atoms with E-state index in [2.05, 4.69) is 0 Å². The van der Waals surface area contributed by atoms with Gasteiger partial charge >= 0.3 is 24.5 Å². The molecule has 2 fully saturated rings. The van der Waals surface area contributed by atoms with Gasteiger partial charge in [-0.3, -0.25) is 4.79 Å². The maximum Gasteiger partial charge on any atom is 0.506 e. The van der Waals surface area contributed by atoms with Crippen molar-refractivity contribution < 1.29 is 50.6 Å². The highest BCUT2D eigenvalue weighted by Crippen LogP contribution is 2.44. The zero-order chi connectivity index (χ0) is 30.5. The third-order valence-electron chi connectivity index (χ3n) is 7.45. The molecule has 2 saturated heterocycles. The number of amides is 3. The van der Waals surface area contributed by atoms with Crippen LogP contribution in [-0.2, 0) is 28.4 Å². The molecule has 8 nitrogen and oxygen atoms in total. The van der Waals surface area contributed by atoms with Crippen molar-refractivity contribution >= 4 is 18.1 Å². The molecule has 0 aliphatic carbocycles. The van der Waals surface area contributed by atoms with Gasteiger partial charge in [-0.2, -0.15) is 26.3 Å². The third kappa shape index (κ3) is 5.91. The normalized spacial score (nSPS) is 22.9. The molecule has 3 amide bonds. The Hall–Kier alpha value is -3.97. The number of rotatable bonds is 4. The van der Waals surface area contributed by atoms with Gasteiger partial charge in [0, 0.05) is 33.1 Å². The number of hydrogen-bond donors (Lipinski definition) is 1. The number of hydrogen-bond acceptors (Lipinski definition) is 4. The summed E-state index contributed by atoms with van der Waals surface area (Å²) in [6, 6.07) is 5.98. The number of carbonyl (C=O) groups excluding carboxylic acids is 2. The fraction of sp³-hybridized carbons (Fsp3) is 0.444. The molecule has 2 aliphatic heterocycles. The fourth-order valence-electron chi connectivity index (χ4n) is 5.62. The Labute approximate surface area is 231 Å². The Morgan fingerprint density at radius 3 is 2.17 bits per heavy atom. The monoisotopic (exact) mass is 587 g/mol. The lowest BCUT2D eigenvalue weighted by Gasteiger charge is -2.46. The number of alkyl halides is 6. The molecule has 0 bridgehead atoms. The van der Waals surface area contributed by atoms with E-state index in [1.807, 2.05) is 0 Å². The third-order valence-corrected chi connectivity index (χ3v) is 7.45. The first-order valence-electron chi connectivity index (χ1n) is 12.5. The van der Waals surface area contributed by atoms with Crippen LogP contribution in [0.25, 0.3) is 0 Å². The Morgan fingerprint density at radius 2 is 1.63 bits per heavy atom. The van der Waals surface area contributed by atoms with Crippen LogP contribution in [0, 0.1) is 6.92 Å². The van der Waals surface area contributed by atoms with Gasteiger partial charge in [-0.1, -0.05) is 24.3 Å². The van der Waals surface area contributed by atoms with Gasteiger partial charge in [0.25, 0.3) is 5.91 Å². The van der Waals surface area contributed by atoms with E-state index < -0.39 is 65.8 Å². The predicted octanol–water partition coefficient (Wildman–Crippen LogP) is 5.70. The molecule has 4 rings (SSSR count). The molecule has 3 atom stereocenters. The zero-order valence-corrected chi connectivity index (χ0v) is 22.2. The summed E-state index contributed by atoms with van der Waals surface area (Å²) in [5, 5.41) is 9.21. The zero-order valence-electron chi connectivity index (χ0n) is 22.2. The largest absolute Gasteiger partial charge is 0.506 e. The van der Waals surface area contributed by atoms with Crippen molar-refractivity contribution in [3.8, 4) is 0 Å². The Bertz CT molecular complexity index is 1330. The smallest absolute Gasteiger partial charge is 0.450 e. The van der Waals surface area contributed by atoms with Crippen molar-refractivity contribution in [2.24, 2.45) is 0 Å². The second-order valence-electron chi connectivity index (χ2n) is 10.4. The SMILES string of the molecule is Cc1ccccc1C1C2CC(C)(OC(=O)O)C(=O)N2CCN1C(=O)N(C)Cc1cc(C(F)(F)F)cc(C(F)(F)F)c1. The average Bonchev–Trinajstić information content (AvgIpc) is 3.11. The summed E-state index contributed by atoms with van der Waals surface area (Å²) in [7, 11) is 1.26. The molecule has 222 valence electrons. The topological polar surface area (TPSA) is 90.4 Å². The minimum absolute atomic E-state index is 0.0197. The van der Waals surface area contributed by atoms with Crippen molar-refractivity contribution in [1.29, 1.82) is 0 Å². The lowest BCUT2D eigenvalue weighted by Crippen LogP contribution is -2.57. The van der Waals surface area contributed by atoms with E-state index in [0.717, 1.165) is 10.5 Å². The molecule has 0 saturated carbocycles. The second kappa shape index (κ2) is 10.5. The van der Waals surface area contributed by atoms with E-state index in [1.54, 1.807) is 31.2 Å². The number of aryl methyl sites for hydroxylation is 1. The van der Waals surface area contributed by atoms with Gasteiger partial charge in [-0.05, 0) is 48.7 Å². The molecule has 14 heteroatoms. The standard InChI is InChI=1S/C27H27F6N3O5/c1-15-6-4-5-7-19(15)21-20-13-25(2,41-24(39)40)22(37)35(20)8-9-36(21)23(38)34(3)14-16-10-17(26(28,29)30)12-18(11-16)27(31,32)33/h4-7,10-12,20-21H,8-9,13-14H2,1-3H3,(H,39,40). The number of ether oxygens (including phenoxy) is 1. The van der Waals surface area contributed by atoms with Crippen molar-refractivity contribution in [1.82, 2.24) is 14.7 Å². The summed E-state index contributed by atoms with van der Waals surface area (Å²) >= 11 is 0. The first-order chi connectivity index (χ1) is 18.9. The summed E-state index contributed by atoms with van der Waals surface area (Å²) in [4.78, 5) is 42.1.